The molecule has 3 rings (SSSR count). The smallest absolute Gasteiger partial charge is 0.343 e. The number of unbranched alkanes of at least 4 members (excludes halogenated alkanes) is 1. The Labute approximate surface area is 186 Å². The molecule has 0 saturated heterocycles. The maximum atomic E-state index is 12.9. The summed E-state index contributed by atoms with van der Waals surface area (Å²) in [6.45, 7) is 2.81. The van der Waals surface area contributed by atoms with Crippen molar-refractivity contribution in [3.05, 3.63) is 89.7 Å². The number of carbonyl (C=O) groups is 2. The quantitative estimate of drug-likeness (QED) is 0.230. The molecule has 0 amide bonds. The van der Waals surface area contributed by atoms with Crippen molar-refractivity contribution in [2.75, 3.05) is 6.61 Å². The Morgan fingerprint density at radius 3 is 2.03 bits per heavy atom. The topological polar surface area (TPSA) is 61.8 Å². The summed E-state index contributed by atoms with van der Waals surface area (Å²) in [6.07, 6.45) is 2.88. The summed E-state index contributed by atoms with van der Waals surface area (Å²) in [6, 6.07) is 18.9. The van der Waals surface area contributed by atoms with Crippen LogP contribution in [0.2, 0.25) is 0 Å². The molecule has 0 aliphatic heterocycles. The van der Waals surface area contributed by atoms with E-state index in [1.807, 2.05) is 24.3 Å². The van der Waals surface area contributed by atoms with Crippen LogP contribution >= 0.6 is 0 Å². The van der Waals surface area contributed by atoms with Crippen LogP contribution in [0.5, 0.6) is 17.2 Å². The molecule has 6 heteroatoms. The van der Waals surface area contributed by atoms with Crippen molar-refractivity contribution in [2.24, 2.45) is 0 Å². The van der Waals surface area contributed by atoms with Gasteiger partial charge in [0.15, 0.2) is 0 Å². The Morgan fingerprint density at radius 1 is 0.781 bits per heavy atom. The molecule has 0 saturated carbocycles. The Morgan fingerprint density at radius 2 is 1.38 bits per heavy atom. The average molecular weight is 436 g/mol. The van der Waals surface area contributed by atoms with Crippen molar-refractivity contribution in [1.29, 1.82) is 0 Å². The molecule has 0 aliphatic carbocycles. The van der Waals surface area contributed by atoms with Crippen LogP contribution in [0.25, 0.3) is 0 Å². The fraction of sp³-hybridized carbons (Fsp3) is 0.231. The van der Waals surface area contributed by atoms with Gasteiger partial charge < -0.3 is 14.2 Å². The predicted octanol–water partition coefficient (Wildman–Crippen LogP) is 5.76. The highest BCUT2D eigenvalue weighted by Gasteiger charge is 2.11. The maximum Gasteiger partial charge on any atom is 0.343 e. The van der Waals surface area contributed by atoms with Gasteiger partial charge in [-0.05, 0) is 79.1 Å². The van der Waals surface area contributed by atoms with Crippen molar-refractivity contribution in [3.8, 4) is 17.2 Å². The summed E-state index contributed by atoms with van der Waals surface area (Å²) < 4.78 is 29.1. The summed E-state index contributed by atoms with van der Waals surface area (Å²) >= 11 is 0. The Bertz CT molecular complexity index is 1010. The second-order valence-corrected chi connectivity index (χ2v) is 7.19. The highest BCUT2D eigenvalue weighted by Crippen LogP contribution is 2.18. The van der Waals surface area contributed by atoms with Crippen LogP contribution in [0.4, 0.5) is 4.39 Å². The highest BCUT2D eigenvalue weighted by molar-refractivity contribution is 5.91. The number of ether oxygens (including phenoxy) is 3. The molecular weight excluding hydrogens is 411 g/mol. The summed E-state index contributed by atoms with van der Waals surface area (Å²) in [5.74, 6) is 0.0409. The second kappa shape index (κ2) is 11.6. The van der Waals surface area contributed by atoms with Crippen molar-refractivity contribution in [1.82, 2.24) is 0 Å². The number of esters is 2. The highest BCUT2D eigenvalue weighted by atomic mass is 19.1. The molecule has 5 nitrogen and oxygen atoms in total. The summed E-state index contributed by atoms with van der Waals surface area (Å²) in [4.78, 5) is 24.3. The molecule has 3 aromatic carbocycles. The first-order chi connectivity index (χ1) is 15.5. The van der Waals surface area contributed by atoms with Gasteiger partial charge in [-0.15, -0.1) is 0 Å². The van der Waals surface area contributed by atoms with E-state index in [1.54, 1.807) is 0 Å². The van der Waals surface area contributed by atoms with Crippen molar-refractivity contribution in [2.45, 2.75) is 32.6 Å². The molecule has 166 valence electrons. The van der Waals surface area contributed by atoms with Crippen molar-refractivity contribution < 1.29 is 28.2 Å². The van der Waals surface area contributed by atoms with E-state index >= 15 is 0 Å². The number of benzene rings is 3. The minimum absolute atomic E-state index is 0.227. The third-order valence-electron chi connectivity index (χ3n) is 4.65. The Hall–Kier alpha value is -3.67. The van der Waals surface area contributed by atoms with E-state index in [9.17, 15) is 14.0 Å². The second-order valence-electron chi connectivity index (χ2n) is 7.19. The van der Waals surface area contributed by atoms with E-state index in [4.69, 9.17) is 14.2 Å². The fourth-order valence-electron chi connectivity index (χ4n) is 2.84. The first-order valence-electron chi connectivity index (χ1n) is 10.5. The van der Waals surface area contributed by atoms with Crippen LogP contribution in [0.3, 0.4) is 0 Å². The van der Waals surface area contributed by atoms with Crippen molar-refractivity contribution >= 4 is 11.9 Å². The molecule has 0 atom stereocenters. The molecule has 0 unspecified atom stereocenters. The van der Waals surface area contributed by atoms with Gasteiger partial charge in [0.05, 0.1) is 12.2 Å². The lowest BCUT2D eigenvalue weighted by atomic mass is 10.1. The maximum absolute atomic E-state index is 12.9. The molecule has 0 aliphatic rings. The van der Waals surface area contributed by atoms with E-state index < -0.39 is 11.8 Å². The van der Waals surface area contributed by atoms with Crippen LogP contribution in [-0.4, -0.2) is 18.5 Å². The zero-order valence-electron chi connectivity index (χ0n) is 17.9. The molecule has 0 aromatic heterocycles. The minimum atomic E-state index is -0.586. The molecule has 0 bridgehead atoms. The number of halogens is 1. The summed E-state index contributed by atoms with van der Waals surface area (Å²) in [5, 5.41) is 0. The number of carbonyl (C=O) groups excluding carboxylic acids is 2. The molecule has 0 fully saturated rings. The molecule has 0 radical (unpaired) electrons. The molecular formula is C26H25FO5. The zero-order valence-corrected chi connectivity index (χ0v) is 17.9. The molecule has 0 N–H and O–H groups in total. The van der Waals surface area contributed by atoms with Crippen LogP contribution in [0, 0.1) is 5.82 Å². The number of hydrogen-bond donors (Lipinski definition) is 0. The van der Waals surface area contributed by atoms with Gasteiger partial charge in [0, 0.05) is 6.42 Å². The summed E-state index contributed by atoms with van der Waals surface area (Å²) in [7, 11) is 0. The molecule has 3 aromatic rings. The zero-order chi connectivity index (χ0) is 22.8. The molecule has 0 heterocycles. The molecule has 0 spiro atoms. The lowest BCUT2D eigenvalue weighted by Gasteiger charge is -2.08. The predicted molar refractivity (Wildman–Crippen MR) is 119 cm³/mol. The minimum Gasteiger partial charge on any atom is -0.494 e. The SMILES string of the molecule is CCCCOc1ccc(CCC(=O)Oc2ccc(C(=O)Oc3ccc(F)cc3)cc2)cc1. The Kier molecular flexibility index (Phi) is 8.37. The normalized spacial score (nSPS) is 10.4. The lowest BCUT2D eigenvalue weighted by molar-refractivity contribution is -0.134. The van der Waals surface area contributed by atoms with E-state index in [0.29, 0.717) is 18.8 Å². The van der Waals surface area contributed by atoms with Crippen molar-refractivity contribution in [3.63, 3.8) is 0 Å². The van der Waals surface area contributed by atoms with E-state index in [2.05, 4.69) is 6.92 Å². The lowest BCUT2D eigenvalue weighted by Crippen LogP contribution is -2.10. The van der Waals surface area contributed by atoms with E-state index in [-0.39, 0.29) is 23.7 Å². The van der Waals surface area contributed by atoms with Crippen LogP contribution in [-0.2, 0) is 11.2 Å². The third-order valence-corrected chi connectivity index (χ3v) is 4.65. The van der Waals surface area contributed by atoms with E-state index in [1.165, 1.54) is 48.5 Å². The molecule has 32 heavy (non-hydrogen) atoms. The van der Waals surface area contributed by atoms with Gasteiger partial charge in [-0.25, -0.2) is 9.18 Å². The third kappa shape index (κ3) is 7.23. The number of aryl methyl sites for hydroxylation is 1. The van der Waals surface area contributed by atoms with Gasteiger partial charge in [0.1, 0.15) is 23.1 Å². The van der Waals surface area contributed by atoms with E-state index in [0.717, 1.165) is 24.2 Å². The van der Waals surface area contributed by atoms with Crippen LogP contribution in [0.1, 0.15) is 42.1 Å². The monoisotopic (exact) mass is 436 g/mol. The van der Waals surface area contributed by atoms with Gasteiger partial charge >= 0.3 is 11.9 Å². The standard InChI is InChI=1S/C26H25FO5/c1-2-3-18-30-22-11-4-19(5-12-22)6-17-25(28)31-23-13-7-20(8-14-23)26(29)32-24-15-9-21(27)10-16-24/h4-5,7-16H,2-3,6,17-18H2,1H3. The van der Waals surface area contributed by atoms with Gasteiger partial charge in [-0.3, -0.25) is 4.79 Å². The van der Waals surface area contributed by atoms with Crippen LogP contribution < -0.4 is 14.2 Å². The van der Waals surface area contributed by atoms with Crippen LogP contribution in [0.15, 0.2) is 72.8 Å². The Balaban J connectivity index is 1.45. The summed E-state index contributed by atoms with van der Waals surface area (Å²) in [5.41, 5.74) is 1.30. The van der Waals surface area contributed by atoms with Gasteiger partial charge in [-0.1, -0.05) is 25.5 Å². The van der Waals surface area contributed by atoms with Gasteiger partial charge in [0.25, 0.3) is 0 Å². The first kappa shape index (κ1) is 23.0. The first-order valence-corrected chi connectivity index (χ1v) is 10.5. The largest absolute Gasteiger partial charge is 0.494 e. The number of hydrogen-bond acceptors (Lipinski definition) is 5. The van der Waals surface area contributed by atoms with Gasteiger partial charge in [-0.2, -0.15) is 0 Å². The average Bonchev–Trinajstić information content (AvgIpc) is 2.81. The number of rotatable bonds is 10. The fourth-order valence-corrected chi connectivity index (χ4v) is 2.84. The van der Waals surface area contributed by atoms with Gasteiger partial charge in [0.2, 0.25) is 0 Å².